The van der Waals surface area contributed by atoms with Gasteiger partial charge in [0.05, 0.1) is 5.69 Å². The topological polar surface area (TPSA) is 22.1 Å². The van der Waals surface area contributed by atoms with Crippen LogP contribution in [0.4, 0.5) is 13.2 Å². The van der Waals surface area contributed by atoms with Crippen molar-refractivity contribution in [2.45, 2.75) is 58.2 Å². The van der Waals surface area contributed by atoms with Crippen LogP contribution < -0.4 is 4.74 Å². The van der Waals surface area contributed by atoms with Crippen LogP contribution in [0.2, 0.25) is 0 Å². The zero-order valence-electron chi connectivity index (χ0n) is 15.0. The Hall–Kier alpha value is -2.04. The van der Waals surface area contributed by atoms with E-state index in [4.69, 9.17) is 4.98 Å². The number of halogens is 3. The highest BCUT2D eigenvalue weighted by Crippen LogP contribution is 2.31. The van der Waals surface area contributed by atoms with Crippen molar-refractivity contribution in [2.75, 3.05) is 0 Å². The minimum atomic E-state index is -4.67. The average Bonchev–Trinajstić information content (AvgIpc) is 2.61. The molecule has 1 atom stereocenters. The lowest BCUT2D eigenvalue weighted by molar-refractivity contribution is -0.274. The van der Waals surface area contributed by atoms with Gasteiger partial charge in [-0.25, -0.2) is 0 Å². The van der Waals surface area contributed by atoms with Gasteiger partial charge in [0.15, 0.2) is 0 Å². The van der Waals surface area contributed by atoms with Crippen molar-refractivity contribution in [3.05, 3.63) is 47.7 Å². The number of benzene rings is 1. The molecule has 1 aliphatic rings. The van der Waals surface area contributed by atoms with Crippen LogP contribution in [-0.4, -0.2) is 11.3 Å². The van der Waals surface area contributed by atoms with E-state index in [9.17, 15) is 13.2 Å². The number of pyridine rings is 1. The third kappa shape index (κ3) is 4.99. The Morgan fingerprint density at radius 2 is 1.85 bits per heavy atom. The number of nitrogens with zero attached hydrogens (tertiary/aromatic N) is 1. The molecular formula is C21H24F3NO. The Balaban J connectivity index is 1.68. The highest BCUT2D eigenvalue weighted by Gasteiger charge is 2.31. The third-order valence-corrected chi connectivity index (χ3v) is 4.97. The summed E-state index contributed by atoms with van der Waals surface area (Å²) in [5.74, 6) is 0.537. The summed E-state index contributed by atoms with van der Waals surface area (Å²) in [5.41, 5.74) is 4.04. The Kier molecular flexibility index (Phi) is 5.84. The van der Waals surface area contributed by atoms with Crippen LogP contribution in [0.3, 0.4) is 0 Å². The molecule has 0 unspecified atom stereocenters. The first-order chi connectivity index (χ1) is 12.4. The molecule has 0 saturated carbocycles. The summed E-state index contributed by atoms with van der Waals surface area (Å²) in [5, 5.41) is 0. The zero-order valence-corrected chi connectivity index (χ0v) is 15.0. The summed E-state index contributed by atoms with van der Waals surface area (Å²) in [6.45, 7) is 2.23. The maximum Gasteiger partial charge on any atom is 0.573 e. The van der Waals surface area contributed by atoms with Gasteiger partial charge in [0, 0.05) is 11.3 Å². The van der Waals surface area contributed by atoms with E-state index in [2.05, 4.69) is 17.7 Å². The summed E-state index contributed by atoms with van der Waals surface area (Å²) < 4.78 is 40.7. The van der Waals surface area contributed by atoms with E-state index in [1.165, 1.54) is 49.8 Å². The van der Waals surface area contributed by atoms with Crippen LogP contribution >= 0.6 is 0 Å². The van der Waals surface area contributed by atoms with Crippen LogP contribution in [0.1, 0.15) is 50.3 Å². The summed E-state index contributed by atoms with van der Waals surface area (Å²) in [6.07, 6.45) is 3.71. The minimum Gasteiger partial charge on any atom is -0.406 e. The number of unbranched alkanes of at least 4 members (excludes halogenated alkanes) is 2. The molecule has 26 heavy (non-hydrogen) atoms. The summed E-state index contributed by atoms with van der Waals surface area (Å²) in [6, 6.07) is 9.98. The fourth-order valence-corrected chi connectivity index (χ4v) is 3.60. The van der Waals surface area contributed by atoms with E-state index in [1.54, 1.807) is 12.1 Å². The monoisotopic (exact) mass is 363 g/mol. The number of aryl methyl sites for hydroxylation is 1. The Labute approximate surface area is 152 Å². The molecule has 0 bridgehead atoms. The molecule has 2 nitrogen and oxygen atoms in total. The van der Waals surface area contributed by atoms with Crippen LogP contribution in [-0.2, 0) is 12.8 Å². The lowest BCUT2D eigenvalue weighted by Gasteiger charge is -2.24. The molecule has 5 heteroatoms. The number of aromatic nitrogens is 1. The molecule has 1 heterocycles. The molecule has 1 aliphatic carbocycles. The Bertz CT molecular complexity index is 725. The number of fused-ring (bicyclic) bond motifs is 1. The van der Waals surface area contributed by atoms with E-state index in [0.717, 1.165) is 35.7 Å². The largest absolute Gasteiger partial charge is 0.573 e. The molecule has 0 N–H and O–H groups in total. The van der Waals surface area contributed by atoms with Crippen LogP contribution in [0.5, 0.6) is 5.75 Å². The molecule has 1 aromatic carbocycles. The summed E-state index contributed by atoms with van der Waals surface area (Å²) >= 11 is 0. The molecule has 1 aromatic heterocycles. The molecule has 2 aromatic rings. The highest BCUT2D eigenvalue weighted by molar-refractivity contribution is 5.60. The van der Waals surface area contributed by atoms with Gasteiger partial charge in [-0.3, -0.25) is 4.98 Å². The molecule has 0 radical (unpaired) electrons. The molecule has 3 rings (SSSR count). The fourth-order valence-electron chi connectivity index (χ4n) is 3.60. The van der Waals surface area contributed by atoms with Gasteiger partial charge < -0.3 is 4.74 Å². The molecule has 140 valence electrons. The lowest BCUT2D eigenvalue weighted by Crippen LogP contribution is -2.17. The smallest absolute Gasteiger partial charge is 0.406 e. The van der Waals surface area contributed by atoms with E-state index >= 15 is 0 Å². The maximum atomic E-state index is 12.2. The first-order valence-corrected chi connectivity index (χ1v) is 9.29. The fraction of sp³-hybridized carbons (Fsp3) is 0.476. The van der Waals surface area contributed by atoms with Gasteiger partial charge in [0.1, 0.15) is 5.75 Å². The van der Waals surface area contributed by atoms with Gasteiger partial charge in [-0.15, -0.1) is 13.2 Å². The highest BCUT2D eigenvalue weighted by atomic mass is 19.4. The second-order valence-corrected chi connectivity index (χ2v) is 6.98. The van der Waals surface area contributed by atoms with Gasteiger partial charge in [0.25, 0.3) is 0 Å². The van der Waals surface area contributed by atoms with Crippen molar-refractivity contribution in [3.8, 4) is 17.0 Å². The van der Waals surface area contributed by atoms with Crippen molar-refractivity contribution in [2.24, 2.45) is 5.92 Å². The molecule has 0 spiro atoms. The van der Waals surface area contributed by atoms with E-state index < -0.39 is 6.36 Å². The predicted molar refractivity (Wildman–Crippen MR) is 96.0 cm³/mol. The van der Waals surface area contributed by atoms with Crippen LogP contribution in [0.25, 0.3) is 11.3 Å². The van der Waals surface area contributed by atoms with Crippen molar-refractivity contribution < 1.29 is 17.9 Å². The number of alkyl halides is 3. The van der Waals surface area contributed by atoms with E-state index in [1.807, 2.05) is 6.07 Å². The van der Waals surface area contributed by atoms with Crippen molar-refractivity contribution in [1.29, 1.82) is 0 Å². The van der Waals surface area contributed by atoms with Crippen molar-refractivity contribution >= 4 is 0 Å². The predicted octanol–water partition coefficient (Wildman–Crippen LogP) is 6.33. The van der Waals surface area contributed by atoms with Gasteiger partial charge >= 0.3 is 6.36 Å². The van der Waals surface area contributed by atoms with Crippen molar-refractivity contribution in [1.82, 2.24) is 4.98 Å². The van der Waals surface area contributed by atoms with E-state index in [0.29, 0.717) is 0 Å². The van der Waals surface area contributed by atoms with Gasteiger partial charge in [0.2, 0.25) is 0 Å². The molecule has 0 amide bonds. The number of hydrogen-bond acceptors (Lipinski definition) is 2. The second kappa shape index (κ2) is 8.11. The summed E-state index contributed by atoms with van der Waals surface area (Å²) in [4.78, 5) is 4.76. The average molecular weight is 363 g/mol. The van der Waals surface area contributed by atoms with Gasteiger partial charge in [-0.1, -0.05) is 38.7 Å². The van der Waals surface area contributed by atoms with Gasteiger partial charge in [-0.2, -0.15) is 0 Å². The maximum absolute atomic E-state index is 12.2. The number of ether oxygens (including phenoxy) is 1. The molecule has 0 aliphatic heterocycles. The first-order valence-electron chi connectivity index (χ1n) is 9.29. The molecule has 0 fully saturated rings. The zero-order chi connectivity index (χ0) is 18.6. The number of hydrogen-bond donors (Lipinski definition) is 0. The molecular weight excluding hydrogens is 339 g/mol. The number of rotatable bonds is 6. The lowest BCUT2D eigenvalue weighted by atomic mass is 9.83. The standard InChI is InChI=1S/C21H24F3NO/c1-2-3-4-5-15-6-12-20-17(14-15)9-13-19(25-20)16-7-10-18(11-8-16)26-21(22,23)24/h7-11,13,15H,2-6,12,14H2,1H3/t15-/m1/s1. The molecule has 0 saturated heterocycles. The summed E-state index contributed by atoms with van der Waals surface area (Å²) in [7, 11) is 0. The van der Waals surface area contributed by atoms with E-state index in [-0.39, 0.29) is 5.75 Å². The second-order valence-electron chi connectivity index (χ2n) is 6.98. The van der Waals surface area contributed by atoms with Crippen molar-refractivity contribution in [3.63, 3.8) is 0 Å². The minimum absolute atomic E-state index is 0.214. The van der Waals surface area contributed by atoms with Crippen LogP contribution in [0, 0.1) is 5.92 Å². The normalized spacial score (nSPS) is 17.0. The first kappa shape index (κ1) is 18.7. The Morgan fingerprint density at radius 1 is 1.08 bits per heavy atom. The van der Waals surface area contributed by atoms with Gasteiger partial charge in [-0.05, 0) is 61.1 Å². The van der Waals surface area contributed by atoms with Crippen LogP contribution in [0.15, 0.2) is 36.4 Å². The Morgan fingerprint density at radius 3 is 2.54 bits per heavy atom. The third-order valence-electron chi connectivity index (χ3n) is 4.97. The SMILES string of the molecule is CCCCC[C@@H]1CCc2nc(-c3ccc(OC(F)(F)F)cc3)ccc2C1. The quantitative estimate of drug-likeness (QED) is 0.559.